The van der Waals surface area contributed by atoms with Crippen LogP contribution in [0.4, 0.5) is 24.5 Å². The smallest absolute Gasteiger partial charge is 0.325 e. The fourth-order valence-electron chi connectivity index (χ4n) is 2.68. The molecule has 0 aromatic heterocycles. The zero-order chi connectivity index (χ0) is 20.9. The zero-order valence-electron chi connectivity index (χ0n) is 15.9. The van der Waals surface area contributed by atoms with E-state index >= 15 is 0 Å². The number of likely N-dealkylation sites (N-methyl/N-ethyl adjacent to an activating group) is 1. The van der Waals surface area contributed by atoms with E-state index in [1.165, 1.54) is 17.0 Å². The Kier molecular flexibility index (Phi) is 6.80. The van der Waals surface area contributed by atoms with E-state index in [1.54, 1.807) is 7.05 Å². The number of hydrogen-bond acceptors (Lipinski definition) is 3. The summed E-state index contributed by atoms with van der Waals surface area (Å²) in [6.07, 6.45) is -4.43. The Balaban J connectivity index is 1.86. The normalized spacial score (nSPS) is 11.4. The van der Waals surface area contributed by atoms with E-state index in [0.717, 1.165) is 28.9 Å². The molecule has 0 saturated carbocycles. The summed E-state index contributed by atoms with van der Waals surface area (Å²) in [5.74, 6) is -0.690. The van der Waals surface area contributed by atoms with Gasteiger partial charge in [-0.2, -0.15) is 13.2 Å². The highest BCUT2D eigenvalue weighted by molar-refractivity contribution is 5.95. The first-order chi connectivity index (χ1) is 13.1. The van der Waals surface area contributed by atoms with Gasteiger partial charge in [-0.25, -0.2) is 0 Å². The van der Waals surface area contributed by atoms with Crippen LogP contribution in [0.3, 0.4) is 0 Å². The van der Waals surface area contributed by atoms with Crippen molar-refractivity contribution in [1.29, 1.82) is 0 Å². The van der Waals surface area contributed by atoms with Gasteiger partial charge in [-0.15, -0.1) is 0 Å². The summed E-state index contributed by atoms with van der Waals surface area (Å²) < 4.78 is 37.6. The van der Waals surface area contributed by atoms with Crippen LogP contribution in [0.25, 0.3) is 0 Å². The quantitative estimate of drug-likeness (QED) is 0.784. The maximum atomic E-state index is 12.5. The Hall–Kier alpha value is -2.87. The number of amides is 2. The lowest BCUT2D eigenvalue weighted by atomic mass is 10.1. The topological polar surface area (TPSA) is 61.4 Å². The van der Waals surface area contributed by atoms with E-state index in [0.29, 0.717) is 0 Å². The Labute approximate surface area is 161 Å². The fraction of sp³-hybridized carbons (Fsp3) is 0.300. The molecule has 2 aromatic rings. The van der Waals surface area contributed by atoms with Crippen LogP contribution in [0.2, 0.25) is 0 Å². The third-order valence-corrected chi connectivity index (χ3v) is 4.07. The molecule has 0 aliphatic heterocycles. The highest BCUT2D eigenvalue weighted by atomic mass is 19.4. The first kappa shape index (κ1) is 21.4. The van der Waals surface area contributed by atoms with Gasteiger partial charge >= 0.3 is 6.18 Å². The Morgan fingerprint density at radius 3 is 1.89 bits per heavy atom. The maximum Gasteiger partial charge on any atom is 0.416 e. The van der Waals surface area contributed by atoms with Crippen molar-refractivity contribution in [3.05, 3.63) is 59.2 Å². The van der Waals surface area contributed by atoms with Gasteiger partial charge in [-0.3, -0.25) is 14.5 Å². The van der Waals surface area contributed by atoms with Gasteiger partial charge in [0.25, 0.3) is 0 Å². The van der Waals surface area contributed by atoms with Crippen LogP contribution in [-0.4, -0.2) is 36.9 Å². The van der Waals surface area contributed by atoms with E-state index in [4.69, 9.17) is 0 Å². The number of anilines is 2. The number of rotatable bonds is 6. The van der Waals surface area contributed by atoms with E-state index in [-0.39, 0.29) is 24.7 Å². The highest BCUT2D eigenvalue weighted by Gasteiger charge is 2.30. The average Bonchev–Trinajstić information content (AvgIpc) is 2.57. The molecule has 2 rings (SSSR count). The highest BCUT2D eigenvalue weighted by Crippen LogP contribution is 2.29. The molecule has 0 bridgehead atoms. The summed E-state index contributed by atoms with van der Waals surface area (Å²) in [6, 6.07) is 9.86. The van der Waals surface area contributed by atoms with Gasteiger partial charge in [0.2, 0.25) is 11.8 Å². The summed E-state index contributed by atoms with van der Waals surface area (Å²) in [4.78, 5) is 25.8. The van der Waals surface area contributed by atoms with E-state index in [9.17, 15) is 22.8 Å². The second-order valence-electron chi connectivity index (χ2n) is 6.61. The monoisotopic (exact) mass is 393 g/mol. The molecule has 0 unspecified atom stereocenters. The van der Waals surface area contributed by atoms with Gasteiger partial charge in [-0.1, -0.05) is 18.2 Å². The number of carbonyl (C=O) groups excluding carboxylic acids is 2. The Bertz CT molecular complexity index is 829. The molecular formula is C20H22F3N3O2. The van der Waals surface area contributed by atoms with Crippen molar-refractivity contribution in [2.45, 2.75) is 20.0 Å². The van der Waals surface area contributed by atoms with Gasteiger partial charge in [0.1, 0.15) is 0 Å². The molecular weight excluding hydrogens is 371 g/mol. The molecule has 0 radical (unpaired) electrons. The lowest BCUT2D eigenvalue weighted by Crippen LogP contribution is -2.36. The second-order valence-corrected chi connectivity index (χ2v) is 6.61. The third kappa shape index (κ3) is 6.09. The minimum Gasteiger partial charge on any atom is -0.325 e. The minimum absolute atomic E-state index is 0.00575. The number of carbonyl (C=O) groups is 2. The van der Waals surface area contributed by atoms with E-state index in [1.807, 2.05) is 32.0 Å². The fourth-order valence-corrected chi connectivity index (χ4v) is 2.68. The van der Waals surface area contributed by atoms with Gasteiger partial charge < -0.3 is 10.6 Å². The summed E-state index contributed by atoms with van der Waals surface area (Å²) in [5, 5.41) is 5.35. The molecule has 2 aromatic carbocycles. The second kappa shape index (κ2) is 8.88. The van der Waals surface area contributed by atoms with E-state index < -0.39 is 17.6 Å². The van der Waals surface area contributed by atoms with Crippen LogP contribution in [-0.2, 0) is 15.8 Å². The number of aryl methyl sites for hydroxylation is 2. The molecule has 2 amide bonds. The molecule has 0 saturated heterocycles. The molecule has 8 heteroatoms. The molecule has 0 fully saturated rings. The SMILES string of the molecule is Cc1cccc(C)c1NC(=O)CN(C)CC(=O)Nc1ccc(C(F)(F)F)cc1. The number of halogens is 3. The zero-order valence-corrected chi connectivity index (χ0v) is 15.9. The summed E-state index contributed by atoms with van der Waals surface area (Å²) >= 11 is 0. The van der Waals surface area contributed by atoms with Gasteiger partial charge in [0.05, 0.1) is 18.7 Å². The van der Waals surface area contributed by atoms with Gasteiger partial charge in [-0.05, 0) is 56.3 Å². The molecule has 2 N–H and O–H groups in total. The van der Waals surface area contributed by atoms with Gasteiger partial charge in [0, 0.05) is 11.4 Å². The van der Waals surface area contributed by atoms with Crippen LogP contribution in [0.5, 0.6) is 0 Å². The largest absolute Gasteiger partial charge is 0.416 e. The molecule has 0 atom stereocenters. The third-order valence-electron chi connectivity index (χ3n) is 4.07. The van der Waals surface area contributed by atoms with Crippen LogP contribution < -0.4 is 10.6 Å². The van der Waals surface area contributed by atoms with Crippen LogP contribution in [0, 0.1) is 13.8 Å². The predicted molar refractivity (Wildman–Crippen MR) is 102 cm³/mol. The van der Waals surface area contributed by atoms with Crippen LogP contribution >= 0.6 is 0 Å². The molecule has 0 spiro atoms. The Morgan fingerprint density at radius 2 is 1.39 bits per heavy atom. The summed E-state index contributed by atoms with van der Waals surface area (Å²) in [5.41, 5.74) is 2.10. The Morgan fingerprint density at radius 1 is 0.893 bits per heavy atom. The standard InChI is InChI=1S/C20H22F3N3O2/c1-13-5-4-6-14(2)19(13)25-18(28)12-26(3)11-17(27)24-16-9-7-15(8-10-16)20(21,22)23/h4-10H,11-12H2,1-3H3,(H,24,27)(H,25,28). The van der Waals surface area contributed by atoms with Crippen molar-refractivity contribution in [2.75, 3.05) is 30.8 Å². The van der Waals surface area contributed by atoms with Crippen LogP contribution in [0.15, 0.2) is 42.5 Å². The minimum atomic E-state index is -4.43. The predicted octanol–water partition coefficient (Wildman–Crippen LogP) is 3.83. The number of alkyl halides is 3. The van der Waals surface area contributed by atoms with Gasteiger partial charge in [0.15, 0.2) is 0 Å². The molecule has 5 nitrogen and oxygen atoms in total. The molecule has 28 heavy (non-hydrogen) atoms. The summed E-state index contributed by atoms with van der Waals surface area (Å²) in [7, 11) is 1.61. The van der Waals surface area contributed by atoms with Crippen molar-refractivity contribution in [3.63, 3.8) is 0 Å². The van der Waals surface area contributed by atoms with Crippen molar-refractivity contribution < 1.29 is 22.8 Å². The number of nitrogens with zero attached hydrogens (tertiary/aromatic N) is 1. The lowest BCUT2D eigenvalue weighted by Gasteiger charge is -2.17. The summed E-state index contributed by atoms with van der Waals surface area (Å²) in [6.45, 7) is 3.70. The molecule has 0 aliphatic carbocycles. The molecule has 150 valence electrons. The molecule has 0 heterocycles. The van der Waals surface area contributed by atoms with Crippen LogP contribution in [0.1, 0.15) is 16.7 Å². The number of hydrogen-bond donors (Lipinski definition) is 2. The number of nitrogens with one attached hydrogen (secondary N) is 2. The maximum absolute atomic E-state index is 12.5. The first-order valence-corrected chi connectivity index (χ1v) is 8.58. The average molecular weight is 393 g/mol. The number of para-hydroxylation sites is 1. The van der Waals surface area contributed by atoms with Crippen molar-refractivity contribution in [3.8, 4) is 0 Å². The number of benzene rings is 2. The van der Waals surface area contributed by atoms with E-state index in [2.05, 4.69) is 10.6 Å². The van der Waals surface area contributed by atoms with Crippen molar-refractivity contribution >= 4 is 23.2 Å². The van der Waals surface area contributed by atoms with Crippen molar-refractivity contribution in [2.24, 2.45) is 0 Å². The van der Waals surface area contributed by atoms with Crippen molar-refractivity contribution in [1.82, 2.24) is 4.90 Å². The first-order valence-electron chi connectivity index (χ1n) is 8.58. The molecule has 0 aliphatic rings. The lowest BCUT2D eigenvalue weighted by molar-refractivity contribution is -0.137.